The van der Waals surface area contributed by atoms with Gasteiger partial charge in [-0.15, -0.1) is 0 Å². The summed E-state index contributed by atoms with van der Waals surface area (Å²) in [4.78, 5) is 22.8. The Balaban J connectivity index is 1.82. The van der Waals surface area contributed by atoms with Crippen molar-refractivity contribution in [2.45, 2.75) is 83.5 Å². The van der Waals surface area contributed by atoms with Crippen LogP contribution in [0.1, 0.15) is 65.7 Å². The van der Waals surface area contributed by atoms with Crippen LogP contribution in [0.5, 0.6) is 0 Å². The Kier molecular flexibility index (Phi) is 7.00. The average molecular weight is 378 g/mol. The van der Waals surface area contributed by atoms with Gasteiger partial charge in [0.05, 0.1) is 5.60 Å². The van der Waals surface area contributed by atoms with Crippen molar-refractivity contribution in [2.24, 2.45) is 0 Å². The summed E-state index contributed by atoms with van der Waals surface area (Å²) in [6.45, 7) is 5.29. The van der Waals surface area contributed by atoms with Crippen molar-refractivity contribution in [3.05, 3.63) is 34.6 Å². The summed E-state index contributed by atoms with van der Waals surface area (Å²) in [7, 11) is 0. The molecule has 1 aliphatic heterocycles. The number of ether oxygens (including phenoxy) is 1. The molecular formula is C21H30O6. The highest BCUT2D eigenvalue weighted by Gasteiger charge is 2.43. The number of aliphatic hydroxyl groups is 2. The molecule has 0 radical (unpaired) electrons. The van der Waals surface area contributed by atoms with Gasteiger partial charge in [-0.05, 0) is 52.9 Å². The van der Waals surface area contributed by atoms with E-state index in [0.29, 0.717) is 55.4 Å². The number of Topliss-reactive ketones (excluding diaryl/α,β-unsaturated/α-hetero) is 1. The molecule has 0 spiro atoms. The minimum atomic E-state index is -1.07. The van der Waals surface area contributed by atoms with E-state index in [4.69, 9.17) is 9.84 Å². The lowest BCUT2D eigenvalue weighted by Gasteiger charge is -2.30. The molecule has 6 nitrogen and oxygen atoms in total. The fraction of sp³-hybridized carbons (Fsp3) is 0.619. The van der Waals surface area contributed by atoms with E-state index in [9.17, 15) is 19.8 Å². The largest absolute Gasteiger partial charge is 0.491 e. The molecule has 0 amide bonds. The molecular weight excluding hydrogens is 348 g/mol. The number of carboxylic acids is 1. The Bertz CT molecular complexity index is 683. The first kappa shape index (κ1) is 21.4. The molecule has 3 atom stereocenters. The molecule has 0 aromatic carbocycles. The molecule has 3 N–H and O–H groups in total. The van der Waals surface area contributed by atoms with Gasteiger partial charge in [-0.25, -0.2) is 4.79 Å². The summed E-state index contributed by atoms with van der Waals surface area (Å²) in [5.74, 6) is -0.538. The zero-order valence-corrected chi connectivity index (χ0v) is 16.3. The Morgan fingerprint density at radius 3 is 2.67 bits per heavy atom. The normalized spacial score (nSPS) is 25.9. The first-order chi connectivity index (χ1) is 12.6. The van der Waals surface area contributed by atoms with Gasteiger partial charge >= 0.3 is 5.97 Å². The van der Waals surface area contributed by atoms with Crippen molar-refractivity contribution in [1.82, 2.24) is 0 Å². The van der Waals surface area contributed by atoms with Crippen LogP contribution in [0.2, 0.25) is 0 Å². The summed E-state index contributed by atoms with van der Waals surface area (Å²) in [5.41, 5.74) is 0.953. The maximum Gasteiger partial charge on any atom is 0.330 e. The fourth-order valence-electron chi connectivity index (χ4n) is 3.46. The van der Waals surface area contributed by atoms with Gasteiger partial charge in [0.1, 0.15) is 18.0 Å². The Labute approximate surface area is 160 Å². The number of carbonyl (C=O) groups is 2. The standard InChI is InChI=1S/C21H30O6/c1-13(6-4-8-14(2)20(24)25)7-5-11-21(3,26)18-12-15-17(27-18)10-9-16(22)19(15)23/h7-8,16,18,22,26H,4-6,9-12H2,1-3H3,(H,24,25)/t16-,18+,21+/m1/s1. The van der Waals surface area contributed by atoms with Crippen molar-refractivity contribution < 1.29 is 29.6 Å². The first-order valence-electron chi connectivity index (χ1n) is 9.51. The minimum absolute atomic E-state index is 0.269. The third-order valence-electron chi connectivity index (χ3n) is 5.42. The van der Waals surface area contributed by atoms with Crippen LogP contribution in [0.25, 0.3) is 0 Å². The van der Waals surface area contributed by atoms with Gasteiger partial charge in [-0.3, -0.25) is 4.79 Å². The van der Waals surface area contributed by atoms with Crippen LogP contribution in [0.15, 0.2) is 34.6 Å². The molecule has 0 saturated heterocycles. The average Bonchev–Trinajstić information content (AvgIpc) is 3.04. The Morgan fingerprint density at radius 2 is 2.00 bits per heavy atom. The van der Waals surface area contributed by atoms with Crippen molar-refractivity contribution in [1.29, 1.82) is 0 Å². The van der Waals surface area contributed by atoms with Crippen molar-refractivity contribution in [2.75, 3.05) is 0 Å². The summed E-state index contributed by atoms with van der Waals surface area (Å²) in [5, 5.41) is 29.3. The lowest BCUT2D eigenvalue weighted by molar-refractivity contribution is -0.132. The van der Waals surface area contributed by atoms with E-state index in [0.717, 1.165) is 12.0 Å². The van der Waals surface area contributed by atoms with E-state index in [1.165, 1.54) is 0 Å². The van der Waals surface area contributed by atoms with E-state index in [-0.39, 0.29) is 5.78 Å². The third kappa shape index (κ3) is 5.53. The molecule has 2 rings (SSSR count). The number of allylic oxidation sites excluding steroid dienone is 4. The summed E-state index contributed by atoms with van der Waals surface area (Å²) < 4.78 is 5.83. The van der Waals surface area contributed by atoms with Gasteiger partial charge in [0, 0.05) is 24.0 Å². The zero-order chi connectivity index (χ0) is 20.2. The van der Waals surface area contributed by atoms with Crippen molar-refractivity contribution in [3.8, 4) is 0 Å². The van der Waals surface area contributed by atoms with Crippen LogP contribution in [-0.2, 0) is 14.3 Å². The first-order valence-corrected chi connectivity index (χ1v) is 9.51. The van der Waals surface area contributed by atoms with Gasteiger partial charge in [0.15, 0.2) is 5.78 Å². The topological polar surface area (TPSA) is 104 Å². The van der Waals surface area contributed by atoms with Crippen molar-refractivity contribution >= 4 is 11.8 Å². The highest BCUT2D eigenvalue weighted by Crippen LogP contribution is 2.39. The highest BCUT2D eigenvalue weighted by atomic mass is 16.5. The van der Waals surface area contributed by atoms with E-state index in [2.05, 4.69) is 6.08 Å². The van der Waals surface area contributed by atoms with Crippen LogP contribution < -0.4 is 0 Å². The van der Waals surface area contributed by atoms with Crippen LogP contribution in [0.3, 0.4) is 0 Å². The molecule has 0 fully saturated rings. The number of carbonyl (C=O) groups excluding carboxylic acids is 1. The smallest absolute Gasteiger partial charge is 0.330 e. The molecule has 6 heteroatoms. The minimum Gasteiger partial charge on any atom is -0.491 e. The second-order valence-electron chi connectivity index (χ2n) is 7.81. The van der Waals surface area contributed by atoms with Gasteiger partial charge in [-0.2, -0.15) is 0 Å². The van der Waals surface area contributed by atoms with Gasteiger partial charge in [0.25, 0.3) is 0 Å². The predicted molar refractivity (Wildman–Crippen MR) is 101 cm³/mol. The maximum atomic E-state index is 12.1. The number of hydrogen-bond acceptors (Lipinski definition) is 5. The molecule has 0 aromatic rings. The van der Waals surface area contributed by atoms with Crippen LogP contribution >= 0.6 is 0 Å². The monoisotopic (exact) mass is 378 g/mol. The molecule has 0 unspecified atom stereocenters. The van der Waals surface area contributed by atoms with Crippen LogP contribution in [0, 0.1) is 0 Å². The van der Waals surface area contributed by atoms with E-state index in [1.807, 2.05) is 6.92 Å². The second-order valence-corrected chi connectivity index (χ2v) is 7.81. The second kappa shape index (κ2) is 8.85. The summed E-state index contributed by atoms with van der Waals surface area (Å²) in [6, 6.07) is 0. The SMILES string of the molecule is CC(=CCC[C@](C)(O)[C@@H]1CC2=C(CC[C@@H](O)C2=O)O1)CCC=C(C)C(=O)O. The van der Waals surface area contributed by atoms with E-state index < -0.39 is 23.8 Å². The Morgan fingerprint density at radius 1 is 1.30 bits per heavy atom. The molecule has 150 valence electrons. The van der Waals surface area contributed by atoms with E-state index >= 15 is 0 Å². The molecule has 27 heavy (non-hydrogen) atoms. The van der Waals surface area contributed by atoms with Gasteiger partial charge < -0.3 is 20.1 Å². The van der Waals surface area contributed by atoms with Crippen molar-refractivity contribution in [3.63, 3.8) is 0 Å². The fourth-order valence-corrected chi connectivity index (χ4v) is 3.46. The molecule has 0 bridgehead atoms. The van der Waals surface area contributed by atoms with Gasteiger partial charge in [-0.1, -0.05) is 17.7 Å². The molecule has 2 aliphatic rings. The van der Waals surface area contributed by atoms with Crippen LogP contribution in [-0.4, -0.2) is 44.9 Å². The Hall–Kier alpha value is -1.92. The number of aliphatic hydroxyl groups excluding tert-OH is 1. The molecule has 0 aromatic heterocycles. The number of aliphatic carboxylic acids is 1. The maximum absolute atomic E-state index is 12.1. The lowest BCUT2D eigenvalue weighted by Crippen LogP contribution is -2.39. The quantitative estimate of drug-likeness (QED) is 0.443. The molecule has 0 saturated carbocycles. The van der Waals surface area contributed by atoms with Gasteiger partial charge in [0.2, 0.25) is 0 Å². The third-order valence-corrected chi connectivity index (χ3v) is 5.42. The molecule has 1 aliphatic carbocycles. The highest BCUT2D eigenvalue weighted by molar-refractivity contribution is 6.00. The number of ketones is 1. The lowest BCUT2D eigenvalue weighted by atomic mass is 9.86. The number of hydrogen-bond donors (Lipinski definition) is 3. The van der Waals surface area contributed by atoms with Crippen LogP contribution in [0.4, 0.5) is 0 Å². The summed E-state index contributed by atoms with van der Waals surface area (Å²) >= 11 is 0. The summed E-state index contributed by atoms with van der Waals surface area (Å²) in [6.07, 6.45) is 6.23. The molecule has 1 heterocycles. The number of carboxylic acid groups (broad SMARTS) is 1. The van der Waals surface area contributed by atoms with E-state index in [1.54, 1.807) is 19.9 Å². The zero-order valence-electron chi connectivity index (χ0n) is 16.3. The number of rotatable bonds is 8. The predicted octanol–water partition coefficient (Wildman–Crippen LogP) is 3.04.